The Morgan fingerprint density at radius 3 is 2.77 bits per heavy atom. The van der Waals surface area contributed by atoms with Crippen molar-refractivity contribution in [1.29, 1.82) is 0 Å². The van der Waals surface area contributed by atoms with E-state index in [1.807, 2.05) is 30.3 Å². The van der Waals surface area contributed by atoms with E-state index < -0.39 is 6.10 Å². The zero-order valence-corrected chi connectivity index (χ0v) is 12.4. The maximum atomic E-state index is 12.2. The number of hydrogen-bond acceptors (Lipinski definition) is 4. The summed E-state index contributed by atoms with van der Waals surface area (Å²) in [4.78, 5) is 26.0. The van der Waals surface area contributed by atoms with Crippen molar-refractivity contribution in [1.82, 2.24) is 5.32 Å². The van der Waals surface area contributed by atoms with Crippen LogP contribution in [0, 0.1) is 0 Å². The van der Waals surface area contributed by atoms with Crippen molar-refractivity contribution >= 4 is 17.5 Å². The van der Waals surface area contributed by atoms with E-state index in [4.69, 9.17) is 10.5 Å². The van der Waals surface area contributed by atoms with E-state index in [-0.39, 0.29) is 24.0 Å². The van der Waals surface area contributed by atoms with Gasteiger partial charge in [-0.3, -0.25) is 9.59 Å². The third kappa shape index (κ3) is 3.13. The lowest BCUT2D eigenvalue weighted by molar-refractivity contribution is -0.132. The molecule has 3 atom stereocenters. The van der Waals surface area contributed by atoms with E-state index >= 15 is 0 Å². The average Bonchev–Trinajstić information content (AvgIpc) is 3.15. The van der Waals surface area contributed by atoms with Gasteiger partial charge >= 0.3 is 0 Å². The minimum Gasteiger partial charge on any atom is -0.364 e. The molecule has 1 aromatic rings. The molecule has 2 aliphatic heterocycles. The lowest BCUT2D eigenvalue weighted by Gasteiger charge is -2.18. The number of amides is 2. The van der Waals surface area contributed by atoms with Crippen molar-refractivity contribution in [3.63, 3.8) is 0 Å². The standard InChI is InChI=1S/C16H21N3O3/c17-9-13-6-7-14(22-13)16(21)18-11-8-15(20)19(10-11)12-4-2-1-3-5-12/h1-5,11,13-14H,6-10,17H2,(H,18,21)/t11?,13-,14+/m1/s1. The Labute approximate surface area is 129 Å². The SMILES string of the molecule is NC[C@H]1CC[C@@H](C(=O)NC2CC(=O)N(c3ccccc3)C2)O1. The maximum absolute atomic E-state index is 12.2. The molecule has 1 aromatic carbocycles. The third-order valence-corrected chi connectivity index (χ3v) is 4.20. The van der Waals surface area contributed by atoms with Gasteiger partial charge in [-0.2, -0.15) is 0 Å². The monoisotopic (exact) mass is 303 g/mol. The molecule has 0 saturated carbocycles. The van der Waals surface area contributed by atoms with Crippen molar-refractivity contribution in [2.75, 3.05) is 18.0 Å². The lowest BCUT2D eigenvalue weighted by atomic mass is 10.1. The molecule has 2 amide bonds. The number of nitrogens with one attached hydrogen (secondary N) is 1. The molecule has 1 unspecified atom stereocenters. The zero-order valence-electron chi connectivity index (χ0n) is 12.4. The van der Waals surface area contributed by atoms with Crippen molar-refractivity contribution in [3.05, 3.63) is 30.3 Å². The fourth-order valence-corrected chi connectivity index (χ4v) is 3.03. The van der Waals surface area contributed by atoms with Gasteiger partial charge < -0.3 is 20.7 Å². The van der Waals surface area contributed by atoms with Gasteiger partial charge in [0.05, 0.1) is 12.1 Å². The fraction of sp³-hybridized carbons (Fsp3) is 0.500. The largest absolute Gasteiger partial charge is 0.364 e. The molecule has 22 heavy (non-hydrogen) atoms. The second-order valence-corrected chi connectivity index (χ2v) is 5.81. The highest BCUT2D eigenvalue weighted by Crippen LogP contribution is 2.22. The molecule has 0 bridgehead atoms. The first-order valence-corrected chi connectivity index (χ1v) is 7.68. The summed E-state index contributed by atoms with van der Waals surface area (Å²) in [6, 6.07) is 9.33. The summed E-state index contributed by atoms with van der Waals surface area (Å²) in [7, 11) is 0. The fourth-order valence-electron chi connectivity index (χ4n) is 3.03. The van der Waals surface area contributed by atoms with E-state index in [9.17, 15) is 9.59 Å². The molecule has 2 heterocycles. The number of carbonyl (C=O) groups excluding carboxylic acids is 2. The number of hydrogen-bond donors (Lipinski definition) is 2. The first kappa shape index (κ1) is 15.0. The van der Waals surface area contributed by atoms with Crippen molar-refractivity contribution in [2.45, 2.75) is 37.5 Å². The number of anilines is 1. The molecule has 0 spiro atoms. The number of nitrogens with zero attached hydrogens (tertiary/aromatic N) is 1. The Morgan fingerprint density at radius 2 is 2.09 bits per heavy atom. The maximum Gasteiger partial charge on any atom is 0.249 e. The van der Waals surface area contributed by atoms with Crippen molar-refractivity contribution < 1.29 is 14.3 Å². The molecular weight excluding hydrogens is 282 g/mol. The summed E-state index contributed by atoms with van der Waals surface area (Å²) < 4.78 is 5.59. The molecule has 0 aromatic heterocycles. The van der Waals surface area contributed by atoms with E-state index in [2.05, 4.69) is 5.32 Å². The number of nitrogens with two attached hydrogens (primary N) is 1. The molecular formula is C16H21N3O3. The van der Waals surface area contributed by atoms with Crippen LogP contribution >= 0.6 is 0 Å². The van der Waals surface area contributed by atoms with Gasteiger partial charge in [-0.15, -0.1) is 0 Å². The molecule has 0 radical (unpaired) electrons. The summed E-state index contributed by atoms with van der Waals surface area (Å²) in [5, 5.41) is 2.93. The highest BCUT2D eigenvalue weighted by atomic mass is 16.5. The predicted molar refractivity (Wildman–Crippen MR) is 82.3 cm³/mol. The first-order chi connectivity index (χ1) is 10.7. The van der Waals surface area contributed by atoms with Gasteiger partial charge in [0, 0.05) is 25.2 Å². The van der Waals surface area contributed by atoms with Crippen LogP contribution in [0.15, 0.2) is 30.3 Å². The van der Waals surface area contributed by atoms with Gasteiger partial charge in [0.2, 0.25) is 11.8 Å². The molecule has 3 rings (SSSR count). The van der Waals surface area contributed by atoms with Crippen LogP contribution in [0.2, 0.25) is 0 Å². The van der Waals surface area contributed by atoms with Crippen LogP contribution in [0.4, 0.5) is 5.69 Å². The number of rotatable bonds is 4. The summed E-state index contributed by atoms with van der Waals surface area (Å²) in [6.07, 6.45) is 1.37. The normalized spacial score (nSPS) is 28.1. The number of ether oxygens (including phenoxy) is 1. The molecule has 2 saturated heterocycles. The van der Waals surface area contributed by atoms with Gasteiger partial charge in [0.25, 0.3) is 0 Å². The average molecular weight is 303 g/mol. The summed E-state index contributed by atoms with van der Waals surface area (Å²) >= 11 is 0. The van der Waals surface area contributed by atoms with Crippen LogP contribution in [0.5, 0.6) is 0 Å². The number of para-hydroxylation sites is 1. The van der Waals surface area contributed by atoms with E-state index in [1.165, 1.54) is 0 Å². The van der Waals surface area contributed by atoms with E-state index in [0.29, 0.717) is 25.9 Å². The Hall–Kier alpha value is -1.92. The third-order valence-electron chi connectivity index (χ3n) is 4.20. The Kier molecular flexibility index (Phi) is 4.40. The van der Waals surface area contributed by atoms with Crippen LogP contribution in [0.25, 0.3) is 0 Å². The minimum atomic E-state index is -0.436. The van der Waals surface area contributed by atoms with Gasteiger partial charge in [-0.1, -0.05) is 18.2 Å². The molecule has 118 valence electrons. The van der Waals surface area contributed by atoms with Crippen molar-refractivity contribution in [2.24, 2.45) is 5.73 Å². The molecule has 0 aliphatic carbocycles. The molecule has 2 fully saturated rings. The van der Waals surface area contributed by atoms with Crippen LogP contribution in [-0.4, -0.2) is 43.2 Å². The molecule has 6 heteroatoms. The van der Waals surface area contributed by atoms with Gasteiger partial charge in [0.15, 0.2) is 0 Å². The predicted octanol–water partition coefficient (Wildman–Crippen LogP) is 0.414. The second kappa shape index (κ2) is 6.46. The Morgan fingerprint density at radius 1 is 1.32 bits per heavy atom. The first-order valence-electron chi connectivity index (χ1n) is 7.68. The second-order valence-electron chi connectivity index (χ2n) is 5.81. The smallest absolute Gasteiger partial charge is 0.249 e. The quantitative estimate of drug-likeness (QED) is 0.844. The highest BCUT2D eigenvalue weighted by molar-refractivity contribution is 5.97. The topological polar surface area (TPSA) is 84.7 Å². The molecule has 2 aliphatic rings. The minimum absolute atomic E-state index is 0.0261. The molecule has 3 N–H and O–H groups in total. The number of benzene rings is 1. The van der Waals surface area contributed by atoms with Crippen LogP contribution in [0.3, 0.4) is 0 Å². The highest BCUT2D eigenvalue weighted by Gasteiger charge is 2.35. The zero-order chi connectivity index (χ0) is 15.5. The van der Waals surface area contributed by atoms with Crippen LogP contribution in [0.1, 0.15) is 19.3 Å². The van der Waals surface area contributed by atoms with E-state index in [0.717, 1.165) is 12.1 Å². The van der Waals surface area contributed by atoms with Gasteiger partial charge in [-0.25, -0.2) is 0 Å². The Balaban J connectivity index is 1.56. The van der Waals surface area contributed by atoms with Crippen LogP contribution < -0.4 is 16.0 Å². The van der Waals surface area contributed by atoms with Gasteiger partial charge in [0.1, 0.15) is 6.10 Å². The van der Waals surface area contributed by atoms with Crippen LogP contribution in [-0.2, 0) is 14.3 Å². The van der Waals surface area contributed by atoms with Gasteiger partial charge in [-0.05, 0) is 25.0 Å². The lowest BCUT2D eigenvalue weighted by Crippen LogP contribution is -2.43. The number of carbonyl (C=O) groups is 2. The molecule has 6 nitrogen and oxygen atoms in total. The summed E-state index contributed by atoms with van der Waals surface area (Å²) in [5.41, 5.74) is 6.42. The Bertz CT molecular complexity index is 549. The van der Waals surface area contributed by atoms with E-state index in [1.54, 1.807) is 4.90 Å². The summed E-state index contributed by atoms with van der Waals surface area (Å²) in [5.74, 6) is -0.104. The summed E-state index contributed by atoms with van der Waals surface area (Å²) in [6.45, 7) is 0.940. The van der Waals surface area contributed by atoms with Crippen molar-refractivity contribution in [3.8, 4) is 0 Å².